The van der Waals surface area contributed by atoms with Crippen molar-refractivity contribution in [2.24, 2.45) is 7.05 Å². The number of aromatic amines is 1. The SMILES string of the molecule is CNc1nc2[nH]c(-c3cccc(C(C)N4CCCC4=O)c3)cc2c2c1ncn2C. The van der Waals surface area contributed by atoms with Gasteiger partial charge in [-0.2, -0.15) is 0 Å². The molecule has 1 unspecified atom stereocenters. The Morgan fingerprint density at radius 2 is 2.14 bits per heavy atom. The molecule has 5 rings (SSSR count). The first kappa shape index (κ1) is 17.7. The van der Waals surface area contributed by atoms with Crippen LogP contribution in [-0.4, -0.2) is 43.9 Å². The number of anilines is 1. The first-order chi connectivity index (χ1) is 14.1. The smallest absolute Gasteiger partial charge is 0.223 e. The number of nitrogens with zero attached hydrogens (tertiary/aromatic N) is 4. The molecule has 0 radical (unpaired) electrons. The van der Waals surface area contributed by atoms with Gasteiger partial charge in [-0.3, -0.25) is 4.79 Å². The average molecular weight is 388 g/mol. The molecule has 0 spiro atoms. The highest BCUT2D eigenvalue weighted by Gasteiger charge is 2.26. The molecule has 1 fully saturated rings. The summed E-state index contributed by atoms with van der Waals surface area (Å²) in [4.78, 5) is 26.8. The summed E-state index contributed by atoms with van der Waals surface area (Å²) in [6, 6.07) is 10.6. The summed E-state index contributed by atoms with van der Waals surface area (Å²) >= 11 is 0. The molecule has 0 saturated carbocycles. The van der Waals surface area contributed by atoms with E-state index in [9.17, 15) is 4.79 Å². The van der Waals surface area contributed by atoms with Crippen molar-refractivity contribution < 1.29 is 4.79 Å². The zero-order valence-corrected chi connectivity index (χ0v) is 16.9. The van der Waals surface area contributed by atoms with E-state index in [-0.39, 0.29) is 11.9 Å². The Kier molecular flexibility index (Phi) is 4.04. The Labute approximate surface area is 168 Å². The van der Waals surface area contributed by atoms with Crippen molar-refractivity contribution in [3.63, 3.8) is 0 Å². The molecule has 4 heterocycles. The highest BCUT2D eigenvalue weighted by atomic mass is 16.2. The zero-order valence-electron chi connectivity index (χ0n) is 16.9. The molecule has 7 heteroatoms. The maximum atomic E-state index is 12.1. The molecule has 1 aromatic carbocycles. The van der Waals surface area contributed by atoms with E-state index in [1.165, 1.54) is 0 Å². The summed E-state index contributed by atoms with van der Waals surface area (Å²) < 4.78 is 2.02. The molecule has 2 N–H and O–H groups in total. The van der Waals surface area contributed by atoms with Crippen molar-refractivity contribution in [1.82, 2.24) is 24.4 Å². The number of fused-ring (bicyclic) bond motifs is 3. The Bertz CT molecular complexity index is 1240. The number of H-pyrrole nitrogens is 1. The van der Waals surface area contributed by atoms with Crippen molar-refractivity contribution in [2.45, 2.75) is 25.8 Å². The van der Waals surface area contributed by atoms with Crippen LogP contribution in [0.3, 0.4) is 0 Å². The molecule has 148 valence electrons. The standard InChI is InChI=1S/C22H24N6O/c1-13(28-9-5-8-18(28)29)14-6-4-7-15(10-14)17-11-16-20-19(24-12-27(20)3)22(23-2)26-21(16)25-17/h4,6-7,10-13H,5,8-9H2,1-3H3,(H2,23,25,26). The first-order valence-electron chi connectivity index (χ1n) is 9.98. The van der Waals surface area contributed by atoms with Gasteiger partial charge in [0.1, 0.15) is 11.2 Å². The van der Waals surface area contributed by atoms with Crippen LogP contribution >= 0.6 is 0 Å². The number of aryl methyl sites for hydroxylation is 1. The fraction of sp³-hybridized carbons (Fsp3) is 0.318. The molecule has 4 aromatic rings. The lowest BCUT2D eigenvalue weighted by molar-refractivity contribution is -0.129. The predicted octanol–water partition coefficient (Wildman–Crippen LogP) is 3.84. The van der Waals surface area contributed by atoms with E-state index in [4.69, 9.17) is 4.98 Å². The minimum Gasteiger partial charge on any atom is -0.371 e. The summed E-state index contributed by atoms with van der Waals surface area (Å²) in [6.45, 7) is 2.94. The van der Waals surface area contributed by atoms with E-state index in [0.29, 0.717) is 6.42 Å². The normalized spacial score (nSPS) is 15.6. The lowest BCUT2D eigenvalue weighted by Crippen LogP contribution is -2.27. The van der Waals surface area contributed by atoms with Crippen LogP contribution in [-0.2, 0) is 11.8 Å². The molecule has 1 atom stereocenters. The number of amides is 1. The fourth-order valence-corrected chi connectivity index (χ4v) is 4.35. The summed E-state index contributed by atoms with van der Waals surface area (Å²) in [5, 5.41) is 4.18. The minimum atomic E-state index is 0.0760. The largest absolute Gasteiger partial charge is 0.371 e. The number of benzene rings is 1. The molecular formula is C22H24N6O. The topological polar surface area (TPSA) is 78.8 Å². The number of hydrogen-bond acceptors (Lipinski definition) is 4. The molecular weight excluding hydrogens is 364 g/mol. The van der Waals surface area contributed by atoms with E-state index in [1.807, 2.05) is 29.9 Å². The van der Waals surface area contributed by atoms with Crippen LogP contribution in [0.1, 0.15) is 31.4 Å². The van der Waals surface area contributed by atoms with Crippen molar-refractivity contribution in [2.75, 3.05) is 18.9 Å². The summed E-state index contributed by atoms with van der Waals surface area (Å²) in [5.74, 6) is 1.01. The first-order valence-corrected chi connectivity index (χ1v) is 9.98. The van der Waals surface area contributed by atoms with E-state index < -0.39 is 0 Å². The van der Waals surface area contributed by atoms with E-state index in [2.05, 4.69) is 52.5 Å². The lowest BCUT2D eigenvalue weighted by Gasteiger charge is -2.25. The van der Waals surface area contributed by atoms with Gasteiger partial charge in [-0.15, -0.1) is 0 Å². The maximum Gasteiger partial charge on any atom is 0.223 e. The van der Waals surface area contributed by atoms with Crippen LogP contribution < -0.4 is 5.32 Å². The summed E-state index contributed by atoms with van der Waals surface area (Å²) in [7, 11) is 3.85. The van der Waals surface area contributed by atoms with Crippen molar-refractivity contribution in [3.05, 3.63) is 42.2 Å². The maximum absolute atomic E-state index is 12.1. The van der Waals surface area contributed by atoms with Gasteiger partial charge in [0.25, 0.3) is 0 Å². The predicted molar refractivity (Wildman–Crippen MR) is 115 cm³/mol. The summed E-state index contributed by atoms with van der Waals surface area (Å²) in [5.41, 5.74) is 5.97. The molecule has 1 saturated heterocycles. The van der Waals surface area contributed by atoms with Gasteiger partial charge in [-0.25, -0.2) is 9.97 Å². The van der Waals surface area contributed by atoms with Gasteiger partial charge in [0.2, 0.25) is 5.91 Å². The number of nitrogens with one attached hydrogen (secondary N) is 2. The van der Waals surface area contributed by atoms with E-state index >= 15 is 0 Å². The number of carbonyl (C=O) groups is 1. The van der Waals surface area contributed by atoms with Gasteiger partial charge >= 0.3 is 0 Å². The third-order valence-electron chi connectivity index (χ3n) is 5.93. The Balaban J connectivity index is 1.60. The molecule has 0 bridgehead atoms. The van der Waals surface area contributed by atoms with Crippen LogP contribution in [0.25, 0.3) is 33.3 Å². The number of aromatic nitrogens is 4. The van der Waals surface area contributed by atoms with Gasteiger partial charge in [0, 0.05) is 38.1 Å². The van der Waals surface area contributed by atoms with Gasteiger partial charge in [0.15, 0.2) is 5.82 Å². The third-order valence-corrected chi connectivity index (χ3v) is 5.93. The Hall–Kier alpha value is -3.35. The minimum absolute atomic E-state index is 0.0760. The monoisotopic (exact) mass is 388 g/mol. The number of likely N-dealkylation sites (tertiary alicyclic amines) is 1. The number of carbonyl (C=O) groups excluding carboxylic acids is 1. The lowest BCUT2D eigenvalue weighted by atomic mass is 10.0. The van der Waals surface area contributed by atoms with Crippen LogP contribution in [0.2, 0.25) is 0 Å². The Morgan fingerprint density at radius 1 is 1.28 bits per heavy atom. The Morgan fingerprint density at radius 3 is 2.90 bits per heavy atom. The third kappa shape index (κ3) is 2.76. The van der Waals surface area contributed by atoms with Crippen molar-refractivity contribution in [1.29, 1.82) is 0 Å². The van der Waals surface area contributed by atoms with Crippen molar-refractivity contribution in [3.8, 4) is 11.3 Å². The summed E-state index contributed by atoms with van der Waals surface area (Å²) in [6.07, 6.45) is 3.42. The van der Waals surface area contributed by atoms with E-state index in [1.54, 1.807) is 0 Å². The molecule has 29 heavy (non-hydrogen) atoms. The number of pyridine rings is 1. The van der Waals surface area contributed by atoms with Gasteiger partial charge in [-0.1, -0.05) is 18.2 Å². The highest BCUT2D eigenvalue weighted by Crippen LogP contribution is 2.33. The van der Waals surface area contributed by atoms with Gasteiger partial charge in [0.05, 0.1) is 17.9 Å². The quantitative estimate of drug-likeness (QED) is 0.557. The van der Waals surface area contributed by atoms with Crippen LogP contribution in [0, 0.1) is 0 Å². The number of rotatable bonds is 4. The number of hydrogen-bond donors (Lipinski definition) is 2. The second-order valence-corrected chi connectivity index (χ2v) is 7.70. The van der Waals surface area contributed by atoms with Crippen LogP contribution in [0.15, 0.2) is 36.7 Å². The molecule has 7 nitrogen and oxygen atoms in total. The van der Waals surface area contributed by atoms with E-state index in [0.717, 1.165) is 57.7 Å². The van der Waals surface area contributed by atoms with Crippen LogP contribution in [0.4, 0.5) is 5.82 Å². The molecule has 3 aromatic heterocycles. The van der Waals surface area contributed by atoms with Gasteiger partial charge in [-0.05, 0) is 36.6 Å². The fourth-order valence-electron chi connectivity index (χ4n) is 4.35. The molecule has 1 aliphatic rings. The van der Waals surface area contributed by atoms with Crippen LogP contribution in [0.5, 0.6) is 0 Å². The molecule has 1 amide bonds. The average Bonchev–Trinajstić information content (AvgIpc) is 3.45. The molecule has 0 aliphatic carbocycles. The van der Waals surface area contributed by atoms with Crippen molar-refractivity contribution >= 4 is 33.8 Å². The molecule has 1 aliphatic heterocycles. The highest BCUT2D eigenvalue weighted by molar-refractivity contribution is 6.07. The second-order valence-electron chi connectivity index (χ2n) is 7.70. The zero-order chi connectivity index (χ0) is 20.1. The second kappa shape index (κ2) is 6.62. The van der Waals surface area contributed by atoms with Gasteiger partial charge < -0.3 is 19.8 Å². The number of imidazole rings is 1.